The fraction of sp³-hybridized carbons (Fsp3) is 0.250. The average molecular weight is 278 g/mol. The Morgan fingerprint density at radius 3 is 2.42 bits per heavy atom. The van der Waals surface area contributed by atoms with Gasteiger partial charge in [-0.2, -0.15) is 0 Å². The van der Waals surface area contributed by atoms with Gasteiger partial charge in [0.25, 0.3) is 0 Å². The van der Waals surface area contributed by atoms with Gasteiger partial charge in [-0.05, 0) is 66.8 Å². The molecule has 0 heterocycles. The van der Waals surface area contributed by atoms with E-state index in [2.05, 4.69) is 0 Å². The van der Waals surface area contributed by atoms with Crippen molar-refractivity contribution >= 4 is 11.6 Å². The number of hydrogen-bond donors (Lipinski definition) is 1. The Labute approximate surface area is 118 Å². The molecule has 0 spiro atoms. The highest BCUT2D eigenvalue weighted by molar-refractivity contribution is 6.31. The number of halogens is 2. The summed E-state index contributed by atoms with van der Waals surface area (Å²) in [4.78, 5) is 0. The maximum absolute atomic E-state index is 13.4. The van der Waals surface area contributed by atoms with E-state index in [1.165, 1.54) is 12.1 Å². The SMILES string of the molecule is Cc1c(Cl)cc(C(C)N)c(-c2cccc(F)c2)c1C. The Bertz CT molecular complexity index is 620. The second-order valence-electron chi connectivity index (χ2n) is 4.87. The van der Waals surface area contributed by atoms with Crippen LogP contribution >= 0.6 is 11.6 Å². The first-order valence-electron chi connectivity index (χ1n) is 6.23. The molecule has 0 amide bonds. The summed E-state index contributed by atoms with van der Waals surface area (Å²) in [6.07, 6.45) is 0. The summed E-state index contributed by atoms with van der Waals surface area (Å²) < 4.78 is 13.4. The summed E-state index contributed by atoms with van der Waals surface area (Å²) in [6.45, 7) is 5.86. The van der Waals surface area contributed by atoms with Gasteiger partial charge in [-0.25, -0.2) is 4.39 Å². The van der Waals surface area contributed by atoms with Gasteiger partial charge in [-0.15, -0.1) is 0 Å². The first-order valence-corrected chi connectivity index (χ1v) is 6.60. The largest absolute Gasteiger partial charge is 0.324 e. The standard InChI is InChI=1S/C16H17ClFN/c1-9-10(2)16(12-5-4-6-13(18)7-12)14(11(3)19)8-15(9)17/h4-8,11H,19H2,1-3H3. The van der Waals surface area contributed by atoms with Crippen molar-refractivity contribution in [2.45, 2.75) is 26.8 Å². The smallest absolute Gasteiger partial charge is 0.123 e. The van der Waals surface area contributed by atoms with Crippen LogP contribution in [0.2, 0.25) is 5.02 Å². The van der Waals surface area contributed by atoms with E-state index in [-0.39, 0.29) is 11.9 Å². The zero-order chi connectivity index (χ0) is 14.2. The van der Waals surface area contributed by atoms with Gasteiger partial charge in [0.15, 0.2) is 0 Å². The Morgan fingerprint density at radius 1 is 1.16 bits per heavy atom. The Morgan fingerprint density at radius 2 is 1.84 bits per heavy atom. The first-order chi connectivity index (χ1) is 8.91. The van der Waals surface area contributed by atoms with Crippen LogP contribution in [0.3, 0.4) is 0 Å². The van der Waals surface area contributed by atoms with E-state index in [1.54, 1.807) is 6.07 Å². The normalized spacial score (nSPS) is 12.5. The lowest BCUT2D eigenvalue weighted by Gasteiger charge is -2.19. The van der Waals surface area contributed by atoms with Gasteiger partial charge < -0.3 is 5.73 Å². The molecule has 1 nitrogen and oxygen atoms in total. The minimum Gasteiger partial charge on any atom is -0.324 e. The van der Waals surface area contributed by atoms with Gasteiger partial charge in [0, 0.05) is 11.1 Å². The van der Waals surface area contributed by atoms with Crippen LogP contribution in [0.15, 0.2) is 30.3 Å². The van der Waals surface area contributed by atoms with Crippen LogP contribution in [0, 0.1) is 19.7 Å². The lowest BCUT2D eigenvalue weighted by molar-refractivity contribution is 0.628. The van der Waals surface area contributed by atoms with Crippen LogP contribution in [0.1, 0.15) is 29.7 Å². The van der Waals surface area contributed by atoms with Gasteiger partial charge >= 0.3 is 0 Å². The third-order valence-corrected chi connectivity index (χ3v) is 3.86. The average Bonchev–Trinajstić information content (AvgIpc) is 2.35. The molecular weight excluding hydrogens is 261 g/mol. The van der Waals surface area contributed by atoms with Crippen molar-refractivity contribution in [3.8, 4) is 11.1 Å². The molecule has 19 heavy (non-hydrogen) atoms. The zero-order valence-electron chi connectivity index (χ0n) is 11.3. The monoisotopic (exact) mass is 277 g/mol. The molecule has 0 saturated heterocycles. The highest BCUT2D eigenvalue weighted by Gasteiger charge is 2.16. The van der Waals surface area contributed by atoms with Crippen molar-refractivity contribution in [1.82, 2.24) is 0 Å². The fourth-order valence-electron chi connectivity index (χ4n) is 2.29. The van der Waals surface area contributed by atoms with Gasteiger partial charge in [0.1, 0.15) is 5.82 Å². The van der Waals surface area contributed by atoms with E-state index < -0.39 is 0 Å². The minimum absolute atomic E-state index is 0.157. The van der Waals surface area contributed by atoms with E-state index >= 15 is 0 Å². The number of hydrogen-bond acceptors (Lipinski definition) is 1. The lowest BCUT2D eigenvalue weighted by atomic mass is 9.89. The minimum atomic E-state index is -0.250. The molecular formula is C16H17ClFN. The Kier molecular flexibility index (Phi) is 3.93. The van der Waals surface area contributed by atoms with Crippen LogP contribution in [-0.2, 0) is 0 Å². The second-order valence-corrected chi connectivity index (χ2v) is 5.28. The van der Waals surface area contributed by atoms with Crippen molar-refractivity contribution < 1.29 is 4.39 Å². The molecule has 0 fully saturated rings. The van der Waals surface area contributed by atoms with Crippen molar-refractivity contribution in [2.24, 2.45) is 5.73 Å². The molecule has 2 aromatic rings. The van der Waals surface area contributed by atoms with Gasteiger partial charge in [0.05, 0.1) is 0 Å². The molecule has 0 saturated carbocycles. The van der Waals surface area contributed by atoms with Crippen molar-refractivity contribution in [3.63, 3.8) is 0 Å². The van der Waals surface area contributed by atoms with E-state index in [0.717, 1.165) is 27.8 Å². The molecule has 0 aliphatic carbocycles. The van der Waals surface area contributed by atoms with E-state index in [9.17, 15) is 4.39 Å². The molecule has 3 heteroatoms. The molecule has 0 aromatic heterocycles. The fourth-order valence-corrected chi connectivity index (χ4v) is 2.55. The highest BCUT2D eigenvalue weighted by atomic mass is 35.5. The lowest BCUT2D eigenvalue weighted by Crippen LogP contribution is -2.08. The summed E-state index contributed by atoms with van der Waals surface area (Å²) in [6, 6.07) is 8.29. The molecule has 0 bridgehead atoms. The van der Waals surface area contributed by atoms with Crippen LogP contribution in [0.5, 0.6) is 0 Å². The van der Waals surface area contributed by atoms with Crippen LogP contribution in [0.25, 0.3) is 11.1 Å². The summed E-state index contributed by atoms with van der Waals surface area (Å²) in [5.74, 6) is -0.250. The topological polar surface area (TPSA) is 26.0 Å². The first kappa shape index (κ1) is 14.0. The molecule has 0 aliphatic rings. The predicted octanol–water partition coefficient (Wildman–Crippen LogP) is 4.78. The molecule has 1 unspecified atom stereocenters. The van der Waals surface area contributed by atoms with Gasteiger partial charge in [-0.3, -0.25) is 0 Å². The van der Waals surface area contributed by atoms with E-state index in [4.69, 9.17) is 17.3 Å². The molecule has 2 aromatic carbocycles. The molecule has 0 aliphatic heterocycles. The summed E-state index contributed by atoms with van der Waals surface area (Å²) in [5, 5.41) is 0.699. The van der Waals surface area contributed by atoms with Crippen molar-refractivity contribution in [3.05, 3.63) is 57.9 Å². The third kappa shape index (κ3) is 2.65. The number of nitrogens with two attached hydrogens (primary N) is 1. The van der Waals surface area contributed by atoms with Crippen LogP contribution in [0.4, 0.5) is 4.39 Å². The van der Waals surface area contributed by atoms with E-state index in [1.807, 2.05) is 32.9 Å². The number of rotatable bonds is 2. The molecule has 1 atom stereocenters. The van der Waals surface area contributed by atoms with Gasteiger partial charge in [0.2, 0.25) is 0 Å². The van der Waals surface area contributed by atoms with Crippen LogP contribution in [-0.4, -0.2) is 0 Å². The van der Waals surface area contributed by atoms with Crippen molar-refractivity contribution in [2.75, 3.05) is 0 Å². The maximum atomic E-state index is 13.4. The third-order valence-electron chi connectivity index (χ3n) is 3.47. The molecule has 0 radical (unpaired) electrons. The molecule has 2 rings (SSSR count). The maximum Gasteiger partial charge on any atom is 0.123 e. The van der Waals surface area contributed by atoms with Crippen LogP contribution < -0.4 is 5.73 Å². The Hall–Kier alpha value is -1.38. The predicted molar refractivity (Wildman–Crippen MR) is 78.9 cm³/mol. The molecule has 100 valence electrons. The number of benzene rings is 2. The van der Waals surface area contributed by atoms with E-state index in [0.29, 0.717) is 5.02 Å². The summed E-state index contributed by atoms with van der Waals surface area (Å²) in [7, 11) is 0. The highest BCUT2D eigenvalue weighted by Crippen LogP contribution is 2.36. The Balaban J connectivity index is 2.77. The molecule has 2 N–H and O–H groups in total. The van der Waals surface area contributed by atoms with Gasteiger partial charge in [-0.1, -0.05) is 23.7 Å². The quantitative estimate of drug-likeness (QED) is 0.840. The second kappa shape index (κ2) is 5.32. The summed E-state index contributed by atoms with van der Waals surface area (Å²) in [5.41, 5.74) is 10.8. The zero-order valence-corrected chi connectivity index (χ0v) is 12.1. The van der Waals surface area contributed by atoms with Crippen molar-refractivity contribution in [1.29, 1.82) is 0 Å². The summed E-state index contributed by atoms with van der Waals surface area (Å²) >= 11 is 6.22.